The predicted molar refractivity (Wildman–Crippen MR) is 116 cm³/mol. The zero-order valence-corrected chi connectivity index (χ0v) is 18.4. The van der Waals surface area contributed by atoms with Crippen LogP contribution in [0.3, 0.4) is 0 Å². The molecule has 1 N–H and O–H groups in total. The Kier molecular flexibility index (Phi) is 26.1. The van der Waals surface area contributed by atoms with E-state index >= 15 is 0 Å². The van der Waals surface area contributed by atoms with Gasteiger partial charge in [0.25, 0.3) is 0 Å². The van der Waals surface area contributed by atoms with Crippen molar-refractivity contribution in [3.05, 3.63) is 24.9 Å². The van der Waals surface area contributed by atoms with Crippen LogP contribution in [0, 0.1) is 17.8 Å². The second-order valence-electron chi connectivity index (χ2n) is 6.76. The topological polar surface area (TPSA) is 12.0 Å². The second kappa shape index (κ2) is 22.3. The molecule has 0 radical (unpaired) electrons. The van der Waals surface area contributed by atoms with Gasteiger partial charge >= 0.3 is 0 Å². The summed E-state index contributed by atoms with van der Waals surface area (Å²) in [6, 6.07) is 0. The van der Waals surface area contributed by atoms with Crippen LogP contribution in [0.2, 0.25) is 0 Å². The Labute approximate surface area is 155 Å². The lowest BCUT2D eigenvalue weighted by atomic mass is 9.74. The number of rotatable bonds is 6. The first kappa shape index (κ1) is 28.1. The van der Waals surface area contributed by atoms with Gasteiger partial charge in [-0.15, -0.1) is 6.58 Å². The molecule has 0 saturated heterocycles. The fourth-order valence-corrected chi connectivity index (χ4v) is 2.71. The summed E-state index contributed by atoms with van der Waals surface area (Å²) < 4.78 is 0. The van der Waals surface area contributed by atoms with E-state index < -0.39 is 0 Å². The second-order valence-corrected chi connectivity index (χ2v) is 6.76. The normalized spacial score (nSPS) is 21.6. The van der Waals surface area contributed by atoms with Gasteiger partial charge in [-0.3, -0.25) is 0 Å². The minimum Gasteiger partial charge on any atom is -0.385 e. The van der Waals surface area contributed by atoms with Gasteiger partial charge in [-0.05, 0) is 24.7 Å². The van der Waals surface area contributed by atoms with E-state index in [1.165, 1.54) is 50.6 Å². The number of allylic oxidation sites excluding steroid dienone is 1. The zero-order chi connectivity index (χ0) is 19.4. The van der Waals surface area contributed by atoms with Crippen LogP contribution in [-0.2, 0) is 0 Å². The summed E-state index contributed by atoms with van der Waals surface area (Å²) in [5.74, 6) is 2.31. The summed E-state index contributed by atoms with van der Waals surface area (Å²) >= 11 is 0. The summed E-state index contributed by atoms with van der Waals surface area (Å²) in [6.45, 7) is 26.1. The zero-order valence-electron chi connectivity index (χ0n) is 18.4. The van der Waals surface area contributed by atoms with Crippen molar-refractivity contribution in [2.24, 2.45) is 17.8 Å². The molecule has 146 valence electrons. The molecule has 1 saturated carbocycles. The highest BCUT2D eigenvalue weighted by atomic mass is 14.9. The maximum Gasteiger partial charge on any atom is 0.0325 e. The van der Waals surface area contributed by atoms with E-state index in [1.54, 1.807) is 0 Å². The van der Waals surface area contributed by atoms with Gasteiger partial charge in [0.15, 0.2) is 0 Å². The lowest BCUT2D eigenvalue weighted by Gasteiger charge is -2.34. The summed E-state index contributed by atoms with van der Waals surface area (Å²) in [4.78, 5) is 0. The van der Waals surface area contributed by atoms with Crippen molar-refractivity contribution >= 4 is 0 Å². The maximum atomic E-state index is 4.14. The van der Waals surface area contributed by atoms with Gasteiger partial charge in [-0.2, -0.15) is 0 Å². The Balaban J connectivity index is -0.000000368. The fraction of sp³-hybridized carbons (Fsp3) is 0.826. The van der Waals surface area contributed by atoms with E-state index in [9.17, 15) is 0 Å². The van der Waals surface area contributed by atoms with Crippen LogP contribution in [0.5, 0.6) is 0 Å². The van der Waals surface area contributed by atoms with E-state index in [4.69, 9.17) is 0 Å². The first-order valence-corrected chi connectivity index (χ1v) is 10.5. The molecule has 3 unspecified atom stereocenters. The molecular weight excluding hydrogens is 290 g/mol. The number of unbranched alkanes of at least 4 members (excludes halogenated alkanes) is 2. The summed E-state index contributed by atoms with van der Waals surface area (Å²) in [6.07, 6.45) is 11.2. The Morgan fingerprint density at radius 3 is 1.92 bits per heavy atom. The SMILES string of the molecule is C=CCNC(=C)C1CC(C)CCC1C.CC.CCC.CCCCC. The van der Waals surface area contributed by atoms with Gasteiger partial charge in [-0.25, -0.2) is 0 Å². The van der Waals surface area contributed by atoms with Crippen molar-refractivity contribution in [3.63, 3.8) is 0 Å². The predicted octanol–water partition coefficient (Wildman–Crippen LogP) is 7.99. The van der Waals surface area contributed by atoms with Gasteiger partial charge in [0.05, 0.1) is 0 Å². The van der Waals surface area contributed by atoms with Crippen LogP contribution < -0.4 is 5.32 Å². The quantitative estimate of drug-likeness (QED) is 0.483. The van der Waals surface area contributed by atoms with Gasteiger partial charge < -0.3 is 5.32 Å². The Bertz CT molecular complexity index is 255. The summed E-state index contributed by atoms with van der Waals surface area (Å²) in [5.41, 5.74) is 1.21. The van der Waals surface area contributed by atoms with Crippen molar-refractivity contribution in [2.45, 2.75) is 100 Å². The lowest BCUT2D eigenvalue weighted by molar-refractivity contribution is 0.227. The Morgan fingerprint density at radius 1 is 1.04 bits per heavy atom. The molecule has 0 heterocycles. The first-order chi connectivity index (χ1) is 11.5. The van der Waals surface area contributed by atoms with Gasteiger partial charge in [-0.1, -0.05) is 100 Å². The van der Waals surface area contributed by atoms with Crippen molar-refractivity contribution in [2.75, 3.05) is 6.54 Å². The molecule has 1 aliphatic rings. The molecule has 0 aromatic carbocycles. The molecule has 1 aliphatic carbocycles. The van der Waals surface area contributed by atoms with Crippen LogP contribution in [0.25, 0.3) is 0 Å². The van der Waals surface area contributed by atoms with Crippen molar-refractivity contribution < 1.29 is 0 Å². The molecule has 0 aromatic heterocycles. The molecule has 0 spiro atoms. The van der Waals surface area contributed by atoms with E-state index in [2.05, 4.69) is 60.0 Å². The summed E-state index contributed by atoms with van der Waals surface area (Å²) in [5, 5.41) is 3.34. The molecular formula is C23H49N. The molecule has 1 fully saturated rings. The Hall–Kier alpha value is -0.720. The first-order valence-electron chi connectivity index (χ1n) is 10.5. The highest BCUT2D eigenvalue weighted by Gasteiger charge is 2.27. The van der Waals surface area contributed by atoms with Crippen LogP contribution in [-0.4, -0.2) is 6.54 Å². The molecule has 0 amide bonds. The van der Waals surface area contributed by atoms with Crippen molar-refractivity contribution in [1.29, 1.82) is 0 Å². The third-order valence-corrected chi connectivity index (χ3v) is 4.09. The minimum atomic E-state index is 0.665. The van der Waals surface area contributed by atoms with E-state index in [0.29, 0.717) is 5.92 Å². The average Bonchev–Trinajstić information content (AvgIpc) is 2.58. The van der Waals surface area contributed by atoms with Gasteiger partial charge in [0.2, 0.25) is 0 Å². The number of hydrogen-bond donors (Lipinski definition) is 1. The van der Waals surface area contributed by atoms with E-state index in [1.807, 2.05) is 19.9 Å². The molecule has 0 bridgehead atoms. The maximum absolute atomic E-state index is 4.14. The standard InChI is InChI=1S/C13H23N.C5H12.C3H8.C2H6/c1-5-8-14-12(4)13-9-10(2)6-7-11(13)3;1-3-5-4-2;1-3-2;1-2/h5,10-11,13-14H,1,4,6-9H2,2-3H3;3-5H2,1-2H3;3H2,1-2H3;1-2H3. The molecule has 3 atom stereocenters. The third kappa shape index (κ3) is 17.6. The van der Waals surface area contributed by atoms with Gasteiger partial charge in [0, 0.05) is 18.2 Å². The molecule has 1 nitrogen and oxygen atoms in total. The van der Waals surface area contributed by atoms with Crippen molar-refractivity contribution in [3.8, 4) is 0 Å². The minimum absolute atomic E-state index is 0.665. The number of nitrogens with one attached hydrogen (secondary N) is 1. The summed E-state index contributed by atoms with van der Waals surface area (Å²) in [7, 11) is 0. The molecule has 1 heteroatoms. The van der Waals surface area contributed by atoms with Crippen LogP contribution in [0.4, 0.5) is 0 Å². The smallest absolute Gasteiger partial charge is 0.0325 e. The molecule has 0 aromatic rings. The Morgan fingerprint density at radius 2 is 1.54 bits per heavy atom. The van der Waals surface area contributed by atoms with Crippen LogP contribution >= 0.6 is 0 Å². The van der Waals surface area contributed by atoms with Crippen molar-refractivity contribution in [1.82, 2.24) is 5.32 Å². The highest BCUT2D eigenvalue weighted by molar-refractivity contribution is 5.03. The fourth-order valence-electron chi connectivity index (χ4n) is 2.71. The number of hydrogen-bond acceptors (Lipinski definition) is 1. The highest BCUT2D eigenvalue weighted by Crippen LogP contribution is 2.36. The lowest BCUT2D eigenvalue weighted by Crippen LogP contribution is -2.29. The monoisotopic (exact) mass is 339 g/mol. The van der Waals surface area contributed by atoms with Gasteiger partial charge in [0.1, 0.15) is 0 Å². The third-order valence-electron chi connectivity index (χ3n) is 4.09. The van der Waals surface area contributed by atoms with Crippen LogP contribution in [0.15, 0.2) is 24.9 Å². The largest absolute Gasteiger partial charge is 0.385 e. The molecule has 1 rings (SSSR count). The van der Waals surface area contributed by atoms with Crippen LogP contribution in [0.1, 0.15) is 100 Å². The molecule has 0 aliphatic heterocycles. The van der Waals surface area contributed by atoms with E-state index in [-0.39, 0.29) is 0 Å². The average molecular weight is 340 g/mol. The molecule has 24 heavy (non-hydrogen) atoms. The van der Waals surface area contributed by atoms with E-state index in [0.717, 1.165) is 18.4 Å².